The fourth-order valence-corrected chi connectivity index (χ4v) is 3.47. The van der Waals surface area contributed by atoms with Gasteiger partial charge in [-0.1, -0.05) is 29.8 Å². The molecule has 0 saturated carbocycles. The van der Waals surface area contributed by atoms with Crippen molar-refractivity contribution < 1.29 is 19.0 Å². The Morgan fingerprint density at radius 2 is 2.19 bits per heavy atom. The summed E-state index contributed by atoms with van der Waals surface area (Å²) < 4.78 is 16.4. The smallest absolute Gasteiger partial charge is 0.255 e. The van der Waals surface area contributed by atoms with Gasteiger partial charge in [-0.25, -0.2) is 0 Å². The lowest BCUT2D eigenvalue weighted by atomic mass is 9.93. The molecule has 0 spiro atoms. The van der Waals surface area contributed by atoms with Crippen LogP contribution in [0.25, 0.3) is 0 Å². The van der Waals surface area contributed by atoms with Crippen molar-refractivity contribution in [3.63, 3.8) is 0 Å². The molecule has 27 heavy (non-hydrogen) atoms. The topological polar surface area (TPSA) is 82.8 Å². The summed E-state index contributed by atoms with van der Waals surface area (Å²) in [6.07, 6.45) is 0.980. The molecule has 1 atom stereocenters. The van der Waals surface area contributed by atoms with E-state index in [1.54, 1.807) is 6.07 Å². The fraction of sp³-hybridized carbons (Fsp3) is 0.350. The minimum absolute atomic E-state index is 0.253. The van der Waals surface area contributed by atoms with Crippen LogP contribution < -0.4 is 25.3 Å². The molecular weight excluding hydrogens is 368 g/mol. The summed E-state index contributed by atoms with van der Waals surface area (Å²) >= 11 is 6.29. The maximum absolute atomic E-state index is 10.9. The van der Waals surface area contributed by atoms with E-state index in [9.17, 15) is 4.79 Å². The van der Waals surface area contributed by atoms with Crippen LogP contribution in [0.1, 0.15) is 23.5 Å². The van der Waals surface area contributed by atoms with Gasteiger partial charge in [0, 0.05) is 19.0 Å². The second-order valence-electron chi connectivity index (χ2n) is 6.37. The van der Waals surface area contributed by atoms with Gasteiger partial charge in [0.15, 0.2) is 18.1 Å². The van der Waals surface area contributed by atoms with Gasteiger partial charge in [-0.2, -0.15) is 0 Å². The molecule has 1 unspecified atom stereocenters. The zero-order valence-electron chi connectivity index (χ0n) is 15.2. The van der Waals surface area contributed by atoms with Crippen LogP contribution in [-0.4, -0.2) is 32.8 Å². The first-order valence-corrected chi connectivity index (χ1v) is 9.16. The zero-order valence-corrected chi connectivity index (χ0v) is 15.9. The van der Waals surface area contributed by atoms with Crippen molar-refractivity contribution in [2.75, 3.05) is 26.9 Å². The molecule has 1 aliphatic heterocycles. The molecule has 0 fully saturated rings. The summed E-state index contributed by atoms with van der Waals surface area (Å²) in [5.41, 5.74) is 7.32. The van der Waals surface area contributed by atoms with Crippen molar-refractivity contribution in [3.05, 3.63) is 52.5 Å². The van der Waals surface area contributed by atoms with Gasteiger partial charge >= 0.3 is 0 Å². The van der Waals surface area contributed by atoms with Crippen LogP contribution >= 0.6 is 11.6 Å². The Kier molecular flexibility index (Phi) is 6.42. The number of halogens is 1. The number of ether oxygens (including phenoxy) is 3. The first-order valence-electron chi connectivity index (χ1n) is 8.78. The molecule has 1 aliphatic rings. The van der Waals surface area contributed by atoms with Gasteiger partial charge in [0.05, 0.1) is 18.7 Å². The number of methoxy groups -OCH3 is 1. The number of hydrogen-bond donors (Lipinski definition) is 2. The highest BCUT2D eigenvalue weighted by Gasteiger charge is 2.20. The van der Waals surface area contributed by atoms with E-state index >= 15 is 0 Å². The molecule has 7 heteroatoms. The molecular formula is C20H23ClN2O4. The van der Waals surface area contributed by atoms with Crippen molar-refractivity contribution in [1.29, 1.82) is 0 Å². The van der Waals surface area contributed by atoms with Crippen LogP contribution in [0, 0.1) is 0 Å². The molecule has 1 heterocycles. The van der Waals surface area contributed by atoms with Gasteiger partial charge in [0.2, 0.25) is 0 Å². The summed E-state index contributed by atoms with van der Waals surface area (Å²) in [4.78, 5) is 10.9. The Hall–Kier alpha value is -2.44. The number of rotatable bonds is 8. The van der Waals surface area contributed by atoms with E-state index in [1.807, 2.05) is 24.3 Å². The van der Waals surface area contributed by atoms with Crippen molar-refractivity contribution >= 4 is 17.5 Å². The normalized spacial score (nSPS) is 15.6. The van der Waals surface area contributed by atoms with Gasteiger partial charge in [-0.05, 0) is 35.7 Å². The number of primary amides is 1. The largest absolute Gasteiger partial charge is 0.493 e. The predicted octanol–water partition coefficient (Wildman–Crippen LogP) is 2.87. The standard InChI is InChI=1S/C20H23ClN2O4/c1-25-18-9-13(8-16(21)20(18)27-12-19(22)24)10-23-11-14-6-7-26-17-5-3-2-4-15(14)17/h2-5,8-9,14,23H,6-7,10-12H2,1H3,(H2,22,24). The van der Waals surface area contributed by atoms with Crippen LogP contribution in [0.4, 0.5) is 0 Å². The third-order valence-electron chi connectivity index (χ3n) is 4.45. The highest BCUT2D eigenvalue weighted by Crippen LogP contribution is 2.37. The van der Waals surface area contributed by atoms with Crippen LogP contribution in [0.2, 0.25) is 5.02 Å². The van der Waals surface area contributed by atoms with Crippen LogP contribution in [-0.2, 0) is 11.3 Å². The van der Waals surface area contributed by atoms with E-state index in [4.69, 9.17) is 31.5 Å². The number of para-hydroxylation sites is 1. The van der Waals surface area contributed by atoms with Gasteiger partial charge in [0.25, 0.3) is 5.91 Å². The van der Waals surface area contributed by atoms with Crippen LogP contribution in [0.3, 0.4) is 0 Å². The average Bonchev–Trinajstić information content (AvgIpc) is 2.66. The molecule has 6 nitrogen and oxygen atoms in total. The average molecular weight is 391 g/mol. The summed E-state index contributed by atoms with van der Waals surface area (Å²) in [6.45, 7) is 1.94. The molecule has 0 saturated heterocycles. The summed E-state index contributed by atoms with van der Waals surface area (Å²) in [5.74, 6) is 1.59. The summed E-state index contributed by atoms with van der Waals surface area (Å²) in [6, 6.07) is 11.8. The van der Waals surface area contributed by atoms with E-state index in [0.717, 1.165) is 30.9 Å². The molecule has 0 aliphatic carbocycles. The van der Waals surface area contributed by atoms with E-state index < -0.39 is 5.91 Å². The Labute approximate surface area is 163 Å². The van der Waals surface area contributed by atoms with Crippen molar-refractivity contribution in [2.24, 2.45) is 5.73 Å². The Balaban J connectivity index is 1.63. The van der Waals surface area contributed by atoms with E-state index in [0.29, 0.717) is 29.0 Å². The maximum atomic E-state index is 10.9. The quantitative estimate of drug-likeness (QED) is 0.724. The van der Waals surface area contributed by atoms with Crippen LogP contribution in [0.5, 0.6) is 17.2 Å². The van der Waals surface area contributed by atoms with E-state index in [-0.39, 0.29) is 6.61 Å². The van der Waals surface area contributed by atoms with E-state index in [2.05, 4.69) is 11.4 Å². The van der Waals surface area contributed by atoms with Crippen molar-refractivity contribution in [2.45, 2.75) is 18.9 Å². The van der Waals surface area contributed by atoms with Crippen molar-refractivity contribution in [3.8, 4) is 17.2 Å². The highest BCUT2D eigenvalue weighted by atomic mass is 35.5. The predicted molar refractivity (Wildman–Crippen MR) is 104 cm³/mol. The van der Waals surface area contributed by atoms with Gasteiger partial charge in [-0.15, -0.1) is 0 Å². The number of carbonyl (C=O) groups excluding carboxylic acids is 1. The summed E-state index contributed by atoms with van der Waals surface area (Å²) in [5, 5.41) is 3.85. The lowest BCUT2D eigenvalue weighted by molar-refractivity contribution is -0.119. The Morgan fingerprint density at radius 3 is 2.96 bits per heavy atom. The second kappa shape index (κ2) is 8.97. The van der Waals surface area contributed by atoms with Crippen molar-refractivity contribution in [1.82, 2.24) is 5.32 Å². The summed E-state index contributed by atoms with van der Waals surface area (Å²) in [7, 11) is 1.53. The minimum atomic E-state index is -0.574. The van der Waals surface area contributed by atoms with E-state index in [1.165, 1.54) is 12.7 Å². The molecule has 144 valence electrons. The third kappa shape index (κ3) is 4.84. The number of amides is 1. The molecule has 0 bridgehead atoms. The van der Waals surface area contributed by atoms with Gasteiger partial charge in [-0.3, -0.25) is 4.79 Å². The lowest BCUT2D eigenvalue weighted by Gasteiger charge is -2.26. The number of nitrogens with two attached hydrogens (primary N) is 1. The maximum Gasteiger partial charge on any atom is 0.255 e. The molecule has 3 N–H and O–H groups in total. The zero-order chi connectivity index (χ0) is 19.2. The van der Waals surface area contributed by atoms with Gasteiger partial charge < -0.3 is 25.3 Å². The Morgan fingerprint density at radius 1 is 1.37 bits per heavy atom. The monoisotopic (exact) mass is 390 g/mol. The number of hydrogen-bond acceptors (Lipinski definition) is 5. The number of nitrogens with one attached hydrogen (secondary N) is 1. The highest BCUT2D eigenvalue weighted by molar-refractivity contribution is 6.32. The molecule has 0 aromatic heterocycles. The second-order valence-corrected chi connectivity index (χ2v) is 6.77. The number of benzene rings is 2. The first kappa shape index (κ1) is 19.3. The molecule has 2 aromatic rings. The molecule has 1 amide bonds. The minimum Gasteiger partial charge on any atom is -0.493 e. The fourth-order valence-electron chi connectivity index (χ4n) is 3.18. The first-order chi connectivity index (χ1) is 13.1. The molecule has 2 aromatic carbocycles. The number of carbonyl (C=O) groups is 1. The number of fused-ring (bicyclic) bond motifs is 1. The lowest BCUT2D eigenvalue weighted by Crippen LogP contribution is -2.25. The van der Waals surface area contributed by atoms with Crippen LogP contribution in [0.15, 0.2) is 36.4 Å². The van der Waals surface area contributed by atoms with Gasteiger partial charge in [0.1, 0.15) is 5.75 Å². The Bertz CT molecular complexity index is 813. The molecule has 0 radical (unpaired) electrons. The third-order valence-corrected chi connectivity index (χ3v) is 4.73. The molecule has 3 rings (SSSR count). The SMILES string of the molecule is COc1cc(CNCC2CCOc3ccccc32)cc(Cl)c1OCC(N)=O.